The zero-order valence-corrected chi connectivity index (χ0v) is 10.5. The SMILES string of the molecule is CCc1nccn1CC(O)CNCC(C)C. The highest BCUT2D eigenvalue weighted by molar-refractivity contribution is 4.92. The molecule has 0 aliphatic carbocycles. The number of aliphatic hydroxyl groups is 1. The predicted octanol–water partition coefficient (Wildman–Crippen LogP) is 1.05. The maximum absolute atomic E-state index is 9.84. The van der Waals surface area contributed by atoms with Crippen LogP contribution < -0.4 is 5.32 Å². The van der Waals surface area contributed by atoms with Crippen LogP contribution in [0.1, 0.15) is 26.6 Å². The second kappa shape index (κ2) is 6.66. The van der Waals surface area contributed by atoms with Gasteiger partial charge in [0.1, 0.15) is 5.82 Å². The van der Waals surface area contributed by atoms with E-state index < -0.39 is 0 Å². The Balaban J connectivity index is 2.31. The van der Waals surface area contributed by atoms with Crippen LogP contribution in [0.3, 0.4) is 0 Å². The van der Waals surface area contributed by atoms with Gasteiger partial charge in [0.15, 0.2) is 0 Å². The summed E-state index contributed by atoms with van der Waals surface area (Å²) in [7, 11) is 0. The van der Waals surface area contributed by atoms with Crippen LogP contribution in [0.15, 0.2) is 12.4 Å². The third-order valence-corrected chi connectivity index (χ3v) is 2.46. The van der Waals surface area contributed by atoms with Crippen LogP contribution in [0.4, 0.5) is 0 Å². The van der Waals surface area contributed by atoms with Gasteiger partial charge in [0, 0.05) is 25.4 Å². The molecule has 0 bridgehead atoms. The Labute approximate surface area is 97.7 Å². The third-order valence-electron chi connectivity index (χ3n) is 2.46. The molecule has 92 valence electrons. The van der Waals surface area contributed by atoms with E-state index in [1.807, 2.05) is 10.8 Å². The van der Waals surface area contributed by atoms with Crippen molar-refractivity contribution in [2.45, 2.75) is 39.8 Å². The van der Waals surface area contributed by atoms with Crippen LogP contribution in [-0.2, 0) is 13.0 Å². The molecule has 0 aliphatic heterocycles. The van der Waals surface area contributed by atoms with Gasteiger partial charge in [0.05, 0.1) is 12.6 Å². The summed E-state index contributed by atoms with van der Waals surface area (Å²) < 4.78 is 2.02. The summed E-state index contributed by atoms with van der Waals surface area (Å²) >= 11 is 0. The molecule has 1 rings (SSSR count). The summed E-state index contributed by atoms with van der Waals surface area (Å²) in [5.74, 6) is 1.65. The van der Waals surface area contributed by atoms with Crippen molar-refractivity contribution >= 4 is 0 Å². The highest BCUT2D eigenvalue weighted by Crippen LogP contribution is 2.00. The van der Waals surface area contributed by atoms with Gasteiger partial charge in [-0.3, -0.25) is 0 Å². The molecule has 0 spiro atoms. The quantitative estimate of drug-likeness (QED) is 0.729. The van der Waals surface area contributed by atoms with Crippen molar-refractivity contribution in [3.8, 4) is 0 Å². The lowest BCUT2D eigenvalue weighted by Crippen LogP contribution is -2.32. The van der Waals surface area contributed by atoms with Crippen molar-refractivity contribution in [3.05, 3.63) is 18.2 Å². The molecule has 1 heterocycles. The van der Waals surface area contributed by atoms with Crippen molar-refractivity contribution in [1.82, 2.24) is 14.9 Å². The first-order chi connectivity index (χ1) is 7.63. The molecule has 0 aliphatic rings. The molecule has 0 aromatic carbocycles. The Hall–Kier alpha value is -0.870. The number of nitrogens with zero attached hydrogens (tertiary/aromatic N) is 2. The summed E-state index contributed by atoms with van der Waals surface area (Å²) in [5, 5.41) is 13.1. The number of rotatable bonds is 7. The predicted molar refractivity (Wildman–Crippen MR) is 65.3 cm³/mol. The fourth-order valence-corrected chi connectivity index (χ4v) is 1.65. The van der Waals surface area contributed by atoms with Crippen LogP contribution in [0.5, 0.6) is 0 Å². The standard InChI is InChI=1S/C12H23N3O/c1-4-12-14-5-6-15(12)9-11(16)8-13-7-10(2)3/h5-6,10-11,13,16H,4,7-9H2,1-3H3. The van der Waals surface area contributed by atoms with E-state index in [0.717, 1.165) is 18.8 Å². The topological polar surface area (TPSA) is 50.1 Å². The number of hydrogen-bond donors (Lipinski definition) is 2. The zero-order chi connectivity index (χ0) is 12.0. The molecular formula is C12H23N3O. The second-order valence-electron chi connectivity index (χ2n) is 4.56. The number of hydrogen-bond acceptors (Lipinski definition) is 3. The van der Waals surface area contributed by atoms with Crippen LogP contribution in [0.25, 0.3) is 0 Å². The van der Waals surface area contributed by atoms with Gasteiger partial charge in [-0.2, -0.15) is 0 Å². The lowest BCUT2D eigenvalue weighted by Gasteiger charge is -2.15. The first kappa shape index (κ1) is 13.2. The second-order valence-corrected chi connectivity index (χ2v) is 4.56. The third kappa shape index (κ3) is 4.33. The number of aryl methyl sites for hydroxylation is 1. The summed E-state index contributed by atoms with van der Waals surface area (Å²) in [5.41, 5.74) is 0. The fraction of sp³-hybridized carbons (Fsp3) is 0.750. The Kier molecular flexibility index (Phi) is 5.49. The fourth-order valence-electron chi connectivity index (χ4n) is 1.65. The average molecular weight is 225 g/mol. The first-order valence-electron chi connectivity index (χ1n) is 6.02. The number of aromatic nitrogens is 2. The largest absolute Gasteiger partial charge is 0.390 e. The summed E-state index contributed by atoms with van der Waals surface area (Å²) in [6, 6.07) is 0. The zero-order valence-electron chi connectivity index (χ0n) is 10.5. The molecule has 0 saturated heterocycles. The molecule has 4 heteroatoms. The highest BCUT2D eigenvalue weighted by atomic mass is 16.3. The van der Waals surface area contributed by atoms with Gasteiger partial charge in [0.2, 0.25) is 0 Å². The Morgan fingerprint density at radius 1 is 1.44 bits per heavy atom. The van der Waals surface area contributed by atoms with Crippen LogP contribution >= 0.6 is 0 Å². The molecule has 1 aromatic heterocycles. The van der Waals surface area contributed by atoms with Crippen LogP contribution in [0.2, 0.25) is 0 Å². The Bertz CT molecular complexity index is 296. The van der Waals surface area contributed by atoms with E-state index in [-0.39, 0.29) is 6.10 Å². The minimum absolute atomic E-state index is 0.349. The Morgan fingerprint density at radius 2 is 2.19 bits per heavy atom. The van der Waals surface area contributed by atoms with Gasteiger partial charge in [-0.05, 0) is 12.5 Å². The molecule has 4 nitrogen and oxygen atoms in total. The maximum atomic E-state index is 9.84. The van der Waals surface area contributed by atoms with Crippen molar-refractivity contribution < 1.29 is 5.11 Å². The van der Waals surface area contributed by atoms with Gasteiger partial charge in [0.25, 0.3) is 0 Å². The lowest BCUT2D eigenvalue weighted by atomic mass is 10.2. The number of aliphatic hydroxyl groups excluding tert-OH is 1. The summed E-state index contributed by atoms with van der Waals surface area (Å²) in [4.78, 5) is 4.23. The number of imidazole rings is 1. The van der Waals surface area contributed by atoms with Gasteiger partial charge >= 0.3 is 0 Å². The van der Waals surface area contributed by atoms with Gasteiger partial charge < -0.3 is 15.0 Å². The van der Waals surface area contributed by atoms with Gasteiger partial charge in [-0.1, -0.05) is 20.8 Å². The van der Waals surface area contributed by atoms with E-state index in [9.17, 15) is 5.11 Å². The smallest absolute Gasteiger partial charge is 0.108 e. The average Bonchev–Trinajstić information content (AvgIpc) is 2.64. The molecule has 16 heavy (non-hydrogen) atoms. The molecule has 1 unspecified atom stereocenters. The molecule has 2 N–H and O–H groups in total. The van der Waals surface area contributed by atoms with Gasteiger partial charge in [-0.25, -0.2) is 4.98 Å². The molecule has 0 saturated carbocycles. The van der Waals surface area contributed by atoms with Crippen LogP contribution in [0, 0.1) is 5.92 Å². The highest BCUT2D eigenvalue weighted by Gasteiger charge is 2.07. The van der Waals surface area contributed by atoms with E-state index in [1.54, 1.807) is 6.20 Å². The summed E-state index contributed by atoms with van der Waals surface area (Å²) in [6.07, 6.45) is 4.26. The van der Waals surface area contributed by atoms with Crippen molar-refractivity contribution in [1.29, 1.82) is 0 Å². The maximum Gasteiger partial charge on any atom is 0.108 e. The van der Waals surface area contributed by atoms with E-state index in [0.29, 0.717) is 19.0 Å². The van der Waals surface area contributed by atoms with Crippen molar-refractivity contribution in [2.24, 2.45) is 5.92 Å². The molecule has 0 fully saturated rings. The minimum atomic E-state index is -0.349. The molecule has 0 amide bonds. The monoisotopic (exact) mass is 225 g/mol. The summed E-state index contributed by atoms with van der Waals surface area (Å²) in [6.45, 7) is 8.59. The first-order valence-corrected chi connectivity index (χ1v) is 6.02. The number of nitrogens with one attached hydrogen (secondary N) is 1. The molecule has 1 atom stereocenters. The minimum Gasteiger partial charge on any atom is -0.390 e. The van der Waals surface area contributed by atoms with Crippen LogP contribution in [-0.4, -0.2) is 33.9 Å². The van der Waals surface area contributed by atoms with Crippen molar-refractivity contribution in [3.63, 3.8) is 0 Å². The van der Waals surface area contributed by atoms with E-state index >= 15 is 0 Å². The molecular weight excluding hydrogens is 202 g/mol. The molecule has 1 aromatic rings. The van der Waals surface area contributed by atoms with E-state index in [2.05, 4.69) is 31.1 Å². The normalized spacial score (nSPS) is 13.3. The van der Waals surface area contributed by atoms with E-state index in [1.165, 1.54) is 0 Å². The lowest BCUT2D eigenvalue weighted by molar-refractivity contribution is 0.149. The molecule has 0 radical (unpaired) electrons. The van der Waals surface area contributed by atoms with E-state index in [4.69, 9.17) is 0 Å². The van der Waals surface area contributed by atoms with Crippen molar-refractivity contribution in [2.75, 3.05) is 13.1 Å². The van der Waals surface area contributed by atoms with Gasteiger partial charge in [-0.15, -0.1) is 0 Å². The Morgan fingerprint density at radius 3 is 2.81 bits per heavy atom.